The van der Waals surface area contributed by atoms with E-state index in [0.29, 0.717) is 145 Å². The van der Waals surface area contributed by atoms with Gasteiger partial charge in [-0.15, -0.1) is 0 Å². The molecule has 5 aromatic rings. The van der Waals surface area contributed by atoms with E-state index in [4.69, 9.17) is 39.9 Å². The number of hydrogen-bond acceptors (Lipinski definition) is 19. The first-order chi connectivity index (χ1) is 37.8. The summed E-state index contributed by atoms with van der Waals surface area (Å²) in [5.74, 6) is 0.835. The number of nitrogen functional groups attached to an aromatic ring is 2. The molecule has 2 amide bonds. The Kier molecular flexibility index (Phi) is 24.3. The minimum absolute atomic E-state index is 0.0573. The van der Waals surface area contributed by atoms with Crippen molar-refractivity contribution < 1.29 is 52.5 Å². The number of nitro benzene ring substituents is 1. The van der Waals surface area contributed by atoms with E-state index in [9.17, 15) is 29.3 Å². The van der Waals surface area contributed by atoms with Gasteiger partial charge in [-0.1, -0.05) is 48.5 Å². The van der Waals surface area contributed by atoms with Crippen molar-refractivity contribution in [3.05, 3.63) is 122 Å². The van der Waals surface area contributed by atoms with Gasteiger partial charge in [0.2, 0.25) is 23.6 Å². The number of aromatic nitrogens is 4. The molecular weight excluding hydrogens is 1000 g/mol. The molecule has 0 bridgehead atoms. The van der Waals surface area contributed by atoms with Crippen LogP contribution in [-0.4, -0.2) is 101 Å². The molecule has 22 nitrogen and oxygen atoms in total. The first-order valence-electron chi connectivity index (χ1n) is 26.2. The van der Waals surface area contributed by atoms with E-state index >= 15 is 0 Å². The highest BCUT2D eigenvalue weighted by molar-refractivity contribution is 5.80. The first kappa shape index (κ1) is 59.3. The van der Waals surface area contributed by atoms with Crippen molar-refractivity contribution in [2.24, 2.45) is 4.99 Å². The molecule has 0 fully saturated rings. The standard InChI is InChI=1S/C56H70N10O12/c1-38-33-46(39(2)62-52(70)11-3-10-51(69)61-35-41-14-18-42(19-15-41)36-77-54-53-47(22-24-59-53)63-55(58)65-54)48(66(71)72)34-49(38)76-28-6-9-44(67)7-4-26-73-29-31-75-32-30-74-27-5-8-45(68)21-20-40-12-16-43(17-13-40)37-78-56-60-25-23-50(57)64-56/h12-19,23-25,33-34,39H,3-11,20-22,26-32,35-37H2,1-2H3,(H,61,69)(H,62,70)(H2,57,60,64)(H2,58,63,65). The summed E-state index contributed by atoms with van der Waals surface area (Å²) in [6.45, 7) is 7.00. The van der Waals surface area contributed by atoms with E-state index in [1.54, 1.807) is 38.4 Å². The Morgan fingerprint density at radius 3 is 1.95 bits per heavy atom. The molecule has 0 radical (unpaired) electrons. The van der Waals surface area contributed by atoms with Gasteiger partial charge in [-0.2, -0.15) is 9.97 Å². The Morgan fingerprint density at radius 1 is 0.679 bits per heavy atom. The summed E-state index contributed by atoms with van der Waals surface area (Å²) in [6, 6.07) is 19.5. The molecule has 1 atom stereocenters. The van der Waals surface area contributed by atoms with Gasteiger partial charge in [0.25, 0.3) is 5.69 Å². The molecule has 78 heavy (non-hydrogen) atoms. The van der Waals surface area contributed by atoms with Crippen molar-refractivity contribution in [2.75, 3.05) is 57.7 Å². The maximum absolute atomic E-state index is 12.8. The molecule has 416 valence electrons. The lowest BCUT2D eigenvalue weighted by Gasteiger charge is -2.17. The summed E-state index contributed by atoms with van der Waals surface area (Å²) in [4.78, 5) is 82.5. The third-order valence-corrected chi connectivity index (χ3v) is 12.3. The summed E-state index contributed by atoms with van der Waals surface area (Å²) in [6.07, 6.45) is 8.22. The number of nitro groups is 1. The molecule has 0 aliphatic carbocycles. The van der Waals surface area contributed by atoms with E-state index in [1.807, 2.05) is 48.5 Å². The van der Waals surface area contributed by atoms with E-state index in [1.165, 1.54) is 6.07 Å². The third-order valence-electron chi connectivity index (χ3n) is 12.3. The lowest BCUT2D eigenvalue weighted by atomic mass is 10.0. The molecule has 22 heteroatoms. The lowest BCUT2D eigenvalue weighted by molar-refractivity contribution is -0.385. The van der Waals surface area contributed by atoms with Crippen molar-refractivity contribution in [3.63, 3.8) is 0 Å². The van der Waals surface area contributed by atoms with Crippen molar-refractivity contribution in [3.8, 4) is 17.6 Å². The molecule has 3 aromatic carbocycles. The molecule has 0 saturated heterocycles. The average Bonchev–Trinajstić information content (AvgIpc) is 3.91. The molecule has 0 spiro atoms. The van der Waals surface area contributed by atoms with Gasteiger partial charge in [-0.3, -0.25) is 34.3 Å². The minimum atomic E-state index is -0.684. The molecule has 2 aromatic heterocycles. The van der Waals surface area contributed by atoms with Crippen LogP contribution in [0, 0.1) is 17.0 Å². The number of ether oxygens (including phenoxy) is 6. The third kappa shape index (κ3) is 20.9. The number of nitrogens with zero attached hydrogens (tertiary/aromatic N) is 6. The summed E-state index contributed by atoms with van der Waals surface area (Å²) in [5.41, 5.74) is 17.3. The maximum atomic E-state index is 12.8. The monoisotopic (exact) mass is 1070 g/mol. The van der Waals surface area contributed by atoms with Gasteiger partial charge in [0.05, 0.1) is 61.3 Å². The van der Waals surface area contributed by atoms with Gasteiger partial charge in [0, 0.05) is 77.1 Å². The van der Waals surface area contributed by atoms with Crippen molar-refractivity contribution in [2.45, 2.75) is 117 Å². The van der Waals surface area contributed by atoms with Gasteiger partial charge in [-0.25, -0.2) is 9.97 Å². The van der Waals surface area contributed by atoms with Crippen LogP contribution in [0.1, 0.15) is 116 Å². The Morgan fingerprint density at radius 2 is 1.28 bits per heavy atom. The van der Waals surface area contributed by atoms with Crippen LogP contribution < -0.4 is 36.3 Å². The van der Waals surface area contributed by atoms with Gasteiger partial charge < -0.3 is 50.5 Å². The number of benzene rings is 3. The first-order valence-corrected chi connectivity index (χ1v) is 26.2. The number of nitrogens with one attached hydrogen (secondary N) is 2. The van der Waals surface area contributed by atoms with Gasteiger partial charge in [-0.05, 0) is 85.9 Å². The Balaban J connectivity index is 0.735. The van der Waals surface area contributed by atoms with E-state index < -0.39 is 11.0 Å². The van der Waals surface area contributed by atoms with Crippen LogP contribution in [0.3, 0.4) is 0 Å². The van der Waals surface area contributed by atoms with Crippen LogP contribution in [-0.2, 0) is 66.0 Å². The summed E-state index contributed by atoms with van der Waals surface area (Å²) in [7, 11) is 0. The number of amides is 2. The van der Waals surface area contributed by atoms with Crippen LogP contribution in [0.5, 0.6) is 17.6 Å². The smallest absolute Gasteiger partial charge is 0.318 e. The van der Waals surface area contributed by atoms with E-state index in [0.717, 1.165) is 27.9 Å². The zero-order valence-corrected chi connectivity index (χ0v) is 44.4. The molecule has 0 saturated carbocycles. The second kappa shape index (κ2) is 31.9. The lowest BCUT2D eigenvalue weighted by Crippen LogP contribution is -2.28. The predicted octanol–water partition coefficient (Wildman–Crippen LogP) is 7.27. The van der Waals surface area contributed by atoms with Gasteiger partial charge in [0.15, 0.2) is 0 Å². The van der Waals surface area contributed by atoms with Gasteiger partial charge >= 0.3 is 6.01 Å². The fourth-order valence-corrected chi connectivity index (χ4v) is 8.09. The Bertz CT molecular complexity index is 2800. The fourth-order valence-electron chi connectivity index (χ4n) is 8.09. The topological polar surface area (TPSA) is 307 Å². The number of rotatable bonds is 37. The van der Waals surface area contributed by atoms with Crippen molar-refractivity contribution in [1.82, 2.24) is 30.6 Å². The molecule has 6 rings (SSSR count). The number of ketones is 2. The number of aliphatic imine (C=N–C) groups is 1. The molecule has 1 aliphatic heterocycles. The van der Waals surface area contributed by atoms with E-state index in [-0.39, 0.29) is 73.5 Å². The predicted molar refractivity (Wildman–Crippen MR) is 290 cm³/mol. The normalized spacial score (nSPS) is 11.9. The minimum Gasteiger partial charge on any atom is -0.493 e. The number of aryl methyl sites for hydroxylation is 2. The highest BCUT2D eigenvalue weighted by Gasteiger charge is 2.24. The van der Waals surface area contributed by atoms with E-state index in [2.05, 4.69) is 35.6 Å². The number of Topliss-reactive ketones (excluding diaryl/α,β-unsaturated/α-hetero) is 2. The Labute approximate surface area is 453 Å². The molecule has 6 N–H and O–H groups in total. The highest BCUT2D eigenvalue weighted by atomic mass is 16.6. The van der Waals surface area contributed by atoms with Crippen LogP contribution >= 0.6 is 0 Å². The number of fused-ring (bicyclic) bond motifs is 1. The highest BCUT2D eigenvalue weighted by Crippen LogP contribution is 2.34. The average molecular weight is 1080 g/mol. The van der Waals surface area contributed by atoms with Crippen LogP contribution in [0.15, 0.2) is 77.9 Å². The zero-order chi connectivity index (χ0) is 55.5. The summed E-state index contributed by atoms with van der Waals surface area (Å²) >= 11 is 0. The molecular formula is C56H70N10O12. The largest absolute Gasteiger partial charge is 0.493 e. The number of hydrogen-bond donors (Lipinski definition) is 4. The summed E-state index contributed by atoms with van der Waals surface area (Å²) < 4.78 is 34.0. The summed E-state index contributed by atoms with van der Waals surface area (Å²) in [5, 5.41) is 17.8. The van der Waals surface area contributed by atoms with Crippen LogP contribution in [0.4, 0.5) is 23.1 Å². The number of nitrogens with two attached hydrogens (primary N) is 2. The van der Waals surface area contributed by atoms with Crippen molar-refractivity contribution in [1.29, 1.82) is 0 Å². The van der Waals surface area contributed by atoms with Crippen molar-refractivity contribution >= 4 is 52.7 Å². The molecule has 1 unspecified atom stereocenters. The van der Waals surface area contributed by atoms with Gasteiger partial charge in [0.1, 0.15) is 42.0 Å². The maximum Gasteiger partial charge on any atom is 0.318 e. The number of anilines is 2. The second-order valence-electron chi connectivity index (χ2n) is 18.6. The quantitative estimate of drug-likeness (QED) is 0.0173. The van der Waals surface area contributed by atoms with Crippen LogP contribution in [0.25, 0.3) is 0 Å². The number of carbonyl (C=O) groups excluding carboxylic acids is 4. The second-order valence-corrected chi connectivity index (χ2v) is 18.6. The molecule has 1 aliphatic rings. The SMILES string of the molecule is Cc1cc(C(C)NC(=O)CCCC(=O)NCc2ccc(COc3nc(N)nc4c3N=CC4)cc2)c([N+](=O)[O-])cc1OCCCC(=O)CCCOCCOCCOCCCC(=O)CCc1ccc(COc2nccc(N)n2)cc1. The fraction of sp³-hybridized carbons (Fsp3) is 0.446. The van der Waals surface area contributed by atoms with Crippen LogP contribution in [0.2, 0.25) is 0 Å². The molecule has 3 heterocycles. The zero-order valence-electron chi connectivity index (χ0n) is 44.4. The number of carbonyl (C=O) groups is 4. The Hall–Kier alpha value is -7.95.